The zero-order valence-corrected chi connectivity index (χ0v) is 8.14. The molecule has 1 aromatic rings. The largest absolute Gasteiger partial charge is 0.471 e. The molecule has 0 saturated carbocycles. The van der Waals surface area contributed by atoms with Crippen molar-refractivity contribution in [1.29, 1.82) is 0 Å². The summed E-state index contributed by atoms with van der Waals surface area (Å²) in [5, 5.41) is 10.7. The number of rotatable bonds is 3. The molecule has 1 rings (SSSR count). The molecule has 0 amide bonds. The number of nitrogens with zero attached hydrogens (tertiary/aromatic N) is 1. The highest BCUT2D eigenvalue weighted by molar-refractivity contribution is 5.65. The number of hydrogen-bond acceptors (Lipinski definition) is 4. The zero-order chi connectivity index (χ0) is 11.4. The molecule has 5 nitrogen and oxygen atoms in total. The van der Waals surface area contributed by atoms with Gasteiger partial charge in [-0.2, -0.15) is 0 Å². The smallest absolute Gasteiger partial charge is 0.333 e. The van der Waals surface area contributed by atoms with Crippen molar-refractivity contribution in [3.8, 4) is 18.1 Å². The van der Waals surface area contributed by atoms with Crippen LogP contribution in [0.5, 0.6) is 5.75 Å². The van der Waals surface area contributed by atoms with Crippen LogP contribution < -0.4 is 10.5 Å². The van der Waals surface area contributed by atoms with Gasteiger partial charge in [0.2, 0.25) is 5.75 Å². The van der Waals surface area contributed by atoms with E-state index in [2.05, 4.69) is 5.92 Å². The second-order valence-electron chi connectivity index (χ2n) is 2.88. The second kappa shape index (κ2) is 4.33. The van der Waals surface area contributed by atoms with Crippen LogP contribution in [0.3, 0.4) is 0 Å². The first-order valence-electron chi connectivity index (χ1n) is 4.22. The van der Waals surface area contributed by atoms with Crippen LogP contribution >= 0.6 is 0 Å². The number of nitro benzene ring substituents is 1. The number of anilines is 1. The fourth-order valence-corrected chi connectivity index (χ4v) is 1.05. The van der Waals surface area contributed by atoms with E-state index in [1.807, 2.05) is 0 Å². The van der Waals surface area contributed by atoms with Gasteiger partial charge in [0.25, 0.3) is 0 Å². The fraction of sp³-hybridized carbons (Fsp3) is 0.200. The lowest BCUT2D eigenvalue weighted by Gasteiger charge is -2.09. The highest BCUT2D eigenvalue weighted by Gasteiger charge is 2.19. The predicted octanol–water partition coefficient (Wildman–Crippen LogP) is 1.58. The van der Waals surface area contributed by atoms with Crippen LogP contribution in [0.1, 0.15) is 6.92 Å². The zero-order valence-electron chi connectivity index (χ0n) is 8.14. The Morgan fingerprint density at radius 2 is 2.33 bits per heavy atom. The first kappa shape index (κ1) is 10.9. The summed E-state index contributed by atoms with van der Waals surface area (Å²) in [6.45, 7) is 1.62. The van der Waals surface area contributed by atoms with E-state index in [0.29, 0.717) is 0 Å². The molecule has 0 heterocycles. The summed E-state index contributed by atoms with van der Waals surface area (Å²) in [5.41, 5.74) is 5.27. The molecule has 2 N–H and O–H groups in total. The van der Waals surface area contributed by atoms with E-state index in [0.717, 1.165) is 0 Å². The van der Waals surface area contributed by atoms with Crippen LogP contribution in [0, 0.1) is 22.5 Å². The van der Waals surface area contributed by atoms with Gasteiger partial charge >= 0.3 is 5.69 Å². The van der Waals surface area contributed by atoms with E-state index in [9.17, 15) is 10.1 Å². The van der Waals surface area contributed by atoms with Crippen LogP contribution in [-0.4, -0.2) is 11.0 Å². The summed E-state index contributed by atoms with van der Waals surface area (Å²) in [5.74, 6) is 2.40. The molecule has 0 saturated heterocycles. The minimum absolute atomic E-state index is 0.0571. The lowest BCUT2D eigenvalue weighted by atomic mass is 10.2. The molecule has 0 bridgehead atoms. The average molecular weight is 206 g/mol. The standard InChI is InChI=1S/C10H10N2O3/c1-3-7(2)15-9-6-4-5-8(11)10(9)12(13)14/h1,4-7H,11H2,2H3. The molecule has 1 aromatic carbocycles. The Kier molecular flexibility index (Phi) is 3.13. The SMILES string of the molecule is C#CC(C)Oc1cccc(N)c1[N+](=O)[O-]. The van der Waals surface area contributed by atoms with Gasteiger partial charge in [-0.25, -0.2) is 0 Å². The predicted molar refractivity (Wildman–Crippen MR) is 56.4 cm³/mol. The van der Waals surface area contributed by atoms with Crippen molar-refractivity contribution < 1.29 is 9.66 Å². The summed E-state index contributed by atoms with van der Waals surface area (Å²) in [6, 6.07) is 4.47. The number of hydrogen-bond donors (Lipinski definition) is 1. The van der Waals surface area contributed by atoms with Crippen LogP contribution in [0.2, 0.25) is 0 Å². The number of nitro groups is 1. The summed E-state index contributed by atoms with van der Waals surface area (Å²) in [7, 11) is 0. The molecule has 1 atom stereocenters. The van der Waals surface area contributed by atoms with E-state index < -0.39 is 11.0 Å². The van der Waals surface area contributed by atoms with Crippen molar-refractivity contribution in [2.75, 3.05) is 5.73 Å². The number of para-hydroxylation sites is 1. The summed E-state index contributed by atoms with van der Waals surface area (Å²) >= 11 is 0. The van der Waals surface area contributed by atoms with Gasteiger partial charge in [0, 0.05) is 0 Å². The quantitative estimate of drug-likeness (QED) is 0.352. The topological polar surface area (TPSA) is 78.4 Å². The third-order valence-corrected chi connectivity index (χ3v) is 1.75. The van der Waals surface area contributed by atoms with Crippen LogP contribution in [0.15, 0.2) is 18.2 Å². The Morgan fingerprint density at radius 3 is 2.87 bits per heavy atom. The summed E-state index contributed by atoms with van der Waals surface area (Å²) in [6.07, 6.45) is 4.57. The molecule has 0 fully saturated rings. The first-order valence-corrected chi connectivity index (χ1v) is 4.22. The van der Waals surface area contributed by atoms with Crippen molar-refractivity contribution in [3.63, 3.8) is 0 Å². The number of nitrogen functional groups attached to an aromatic ring is 1. The first-order chi connectivity index (χ1) is 7.06. The minimum Gasteiger partial charge on any atom is -0.471 e. The number of nitrogens with two attached hydrogens (primary N) is 1. The molecular weight excluding hydrogens is 196 g/mol. The Hall–Kier alpha value is -2.22. The molecule has 0 aliphatic heterocycles. The molecule has 5 heteroatoms. The van der Waals surface area contributed by atoms with Gasteiger partial charge < -0.3 is 10.5 Å². The molecule has 15 heavy (non-hydrogen) atoms. The minimum atomic E-state index is -0.589. The van der Waals surface area contributed by atoms with Gasteiger partial charge in [-0.1, -0.05) is 12.0 Å². The van der Waals surface area contributed by atoms with E-state index in [-0.39, 0.29) is 17.1 Å². The fourth-order valence-electron chi connectivity index (χ4n) is 1.05. The van der Waals surface area contributed by atoms with E-state index >= 15 is 0 Å². The van der Waals surface area contributed by atoms with Crippen molar-refractivity contribution in [2.45, 2.75) is 13.0 Å². The highest BCUT2D eigenvalue weighted by atomic mass is 16.6. The molecule has 0 aliphatic carbocycles. The molecule has 0 aromatic heterocycles. The van der Waals surface area contributed by atoms with Gasteiger partial charge in [-0.15, -0.1) is 6.42 Å². The second-order valence-corrected chi connectivity index (χ2v) is 2.88. The van der Waals surface area contributed by atoms with Crippen LogP contribution in [0.25, 0.3) is 0 Å². The summed E-state index contributed by atoms with van der Waals surface area (Å²) in [4.78, 5) is 10.1. The normalized spacial score (nSPS) is 11.5. The third-order valence-electron chi connectivity index (χ3n) is 1.75. The van der Waals surface area contributed by atoms with Crippen molar-refractivity contribution in [3.05, 3.63) is 28.3 Å². The Bertz CT molecular complexity index is 423. The number of terminal acetylenes is 1. The van der Waals surface area contributed by atoms with E-state index in [1.165, 1.54) is 12.1 Å². The molecule has 0 aliphatic rings. The molecular formula is C10H10N2O3. The number of benzene rings is 1. The molecule has 0 radical (unpaired) electrons. The molecule has 0 spiro atoms. The number of ether oxygens (including phenoxy) is 1. The Labute approximate surface area is 87.0 Å². The van der Waals surface area contributed by atoms with Gasteiger partial charge in [-0.05, 0) is 19.1 Å². The highest BCUT2D eigenvalue weighted by Crippen LogP contribution is 2.32. The Balaban J connectivity index is 3.13. The third kappa shape index (κ3) is 2.38. The van der Waals surface area contributed by atoms with Crippen molar-refractivity contribution in [1.82, 2.24) is 0 Å². The maximum Gasteiger partial charge on any atom is 0.333 e. The lowest BCUT2D eigenvalue weighted by molar-refractivity contribution is -0.385. The maximum absolute atomic E-state index is 10.7. The van der Waals surface area contributed by atoms with E-state index in [4.69, 9.17) is 16.9 Å². The molecule has 1 unspecified atom stereocenters. The van der Waals surface area contributed by atoms with Crippen molar-refractivity contribution in [2.24, 2.45) is 0 Å². The van der Waals surface area contributed by atoms with Crippen LogP contribution in [-0.2, 0) is 0 Å². The molecule has 78 valence electrons. The van der Waals surface area contributed by atoms with Crippen LogP contribution in [0.4, 0.5) is 11.4 Å². The lowest BCUT2D eigenvalue weighted by Crippen LogP contribution is -2.10. The monoisotopic (exact) mass is 206 g/mol. The maximum atomic E-state index is 10.7. The van der Waals surface area contributed by atoms with Crippen molar-refractivity contribution >= 4 is 11.4 Å². The summed E-state index contributed by atoms with van der Waals surface area (Å²) < 4.78 is 5.18. The Morgan fingerprint density at radius 1 is 1.67 bits per heavy atom. The van der Waals surface area contributed by atoms with Gasteiger partial charge in [0.05, 0.1) is 4.92 Å². The van der Waals surface area contributed by atoms with Gasteiger partial charge in [0.1, 0.15) is 5.69 Å². The average Bonchev–Trinajstić information content (AvgIpc) is 2.17. The van der Waals surface area contributed by atoms with Gasteiger partial charge in [0.15, 0.2) is 6.10 Å². The van der Waals surface area contributed by atoms with Gasteiger partial charge in [-0.3, -0.25) is 10.1 Å². The van der Waals surface area contributed by atoms with E-state index in [1.54, 1.807) is 13.0 Å².